The fourth-order valence-corrected chi connectivity index (χ4v) is 2.36. The zero-order chi connectivity index (χ0) is 14.2. The van der Waals surface area contributed by atoms with Gasteiger partial charge in [0.25, 0.3) is 0 Å². The Balaban J connectivity index is 1.83. The Morgan fingerprint density at radius 1 is 0.900 bits per heavy atom. The highest BCUT2D eigenvalue weighted by atomic mass is 16.3. The molecule has 0 aliphatic heterocycles. The lowest BCUT2D eigenvalue weighted by Crippen LogP contribution is -2.02. The second-order valence-electron chi connectivity index (χ2n) is 5.17. The van der Waals surface area contributed by atoms with Crippen LogP contribution >= 0.6 is 0 Å². The second-order valence-corrected chi connectivity index (χ2v) is 5.17. The number of hydrogen-bond donors (Lipinski definition) is 3. The van der Waals surface area contributed by atoms with Crippen molar-refractivity contribution in [2.75, 3.05) is 6.61 Å². The molecule has 0 radical (unpaired) electrons. The number of aliphatic hydroxyl groups excluding tert-OH is 2. The summed E-state index contributed by atoms with van der Waals surface area (Å²) >= 11 is 0. The number of unbranched alkanes of at least 4 members (excludes halogenated alkanes) is 2. The van der Waals surface area contributed by atoms with E-state index in [4.69, 9.17) is 5.11 Å². The fourth-order valence-electron chi connectivity index (χ4n) is 2.36. The van der Waals surface area contributed by atoms with Crippen LogP contribution in [0.3, 0.4) is 0 Å². The third-order valence-electron chi connectivity index (χ3n) is 3.51. The summed E-state index contributed by atoms with van der Waals surface area (Å²) < 4.78 is 0. The highest BCUT2D eigenvalue weighted by molar-refractivity contribution is 5.21. The topological polar surface area (TPSA) is 56.2 Å². The van der Waals surface area contributed by atoms with Gasteiger partial charge in [0.1, 0.15) is 0 Å². The van der Waals surface area contributed by atoms with E-state index in [-0.39, 0.29) is 6.61 Å². The Morgan fingerprint density at radius 3 is 2.40 bits per heavy atom. The molecule has 0 bridgehead atoms. The normalized spacial score (nSPS) is 12.5. The highest BCUT2D eigenvalue weighted by Crippen LogP contribution is 2.18. The molecule has 1 aromatic carbocycles. The minimum Gasteiger partial charge on any atom is -0.396 e. The van der Waals surface area contributed by atoms with E-state index in [9.17, 15) is 5.11 Å². The minimum atomic E-state index is -0.461. The van der Waals surface area contributed by atoms with Gasteiger partial charge in [-0.15, -0.1) is 0 Å². The van der Waals surface area contributed by atoms with Crippen LogP contribution in [0, 0.1) is 0 Å². The smallest absolute Gasteiger partial charge is 0.0844 e. The number of rotatable bonds is 8. The van der Waals surface area contributed by atoms with Crippen molar-refractivity contribution < 1.29 is 10.2 Å². The Morgan fingerprint density at radius 2 is 1.65 bits per heavy atom. The van der Waals surface area contributed by atoms with E-state index in [2.05, 4.69) is 11.1 Å². The molecule has 2 aromatic rings. The minimum absolute atomic E-state index is 0.277. The number of hydrogen-bond acceptors (Lipinski definition) is 2. The molecule has 3 nitrogen and oxygen atoms in total. The number of nitrogens with one attached hydrogen (secondary N) is 1. The summed E-state index contributed by atoms with van der Waals surface area (Å²) in [5.41, 5.74) is 3.23. The van der Waals surface area contributed by atoms with Gasteiger partial charge in [-0.3, -0.25) is 0 Å². The van der Waals surface area contributed by atoms with Gasteiger partial charge in [-0.2, -0.15) is 0 Å². The third-order valence-corrected chi connectivity index (χ3v) is 3.51. The van der Waals surface area contributed by atoms with E-state index in [1.807, 2.05) is 36.4 Å². The van der Waals surface area contributed by atoms with E-state index in [1.54, 1.807) is 0 Å². The molecule has 0 fully saturated rings. The van der Waals surface area contributed by atoms with Crippen LogP contribution in [0.2, 0.25) is 0 Å². The van der Waals surface area contributed by atoms with Crippen LogP contribution < -0.4 is 0 Å². The summed E-state index contributed by atoms with van der Waals surface area (Å²) in [7, 11) is 0. The maximum atomic E-state index is 10.2. The van der Waals surface area contributed by atoms with Gasteiger partial charge in [-0.05, 0) is 37.0 Å². The Hall–Kier alpha value is -1.58. The van der Waals surface area contributed by atoms with Crippen LogP contribution in [0.15, 0.2) is 42.5 Å². The molecule has 3 heteroatoms. The fraction of sp³-hybridized carbons (Fsp3) is 0.412. The molecule has 108 valence electrons. The molecule has 0 aliphatic carbocycles. The van der Waals surface area contributed by atoms with Gasteiger partial charge in [0, 0.05) is 24.4 Å². The first-order valence-corrected chi connectivity index (χ1v) is 7.30. The molecule has 1 aromatic heterocycles. The third kappa shape index (κ3) is 4.51. The molecule has 1 heterocycles. The predicted octanol–water partition coefficient (Wildman–Crippen LogP) is 3.00. The lowest BCUT2D eigenvalue weighted by atomic mass is 10.1. The first kappa shape index (κ1) is 14.8. The first-order valence-electron chi connectivity index (χ1n) is 7.30. The summed E-state index contributed by atoms with van der Waals surface area (Å²) in [4.78, 5) is 3.37. The van der Waals surface area contributed by atoms with Gasteiger partial charge in [0.2, 0.25) is 0 Å². The van der Waals surface area contributed by atoms with E-state index in [0.717, 1.165) is 36.9 Å². The molecule has 1 unspecified atom stereocenters. The van der Waals surface area contributed by atoms with Crippen molar-refractivity contribution in [1.82, 2.24) is 4.98 Å². The summed E-state index contributed by atoms with van der Waals surface area (Å²) in [6.45, 7) is 0.277. The lowest BCUT2D eigenvalue weighted by Gasteiger charge is -2.09. The first-order chi connectivity index (χ1) is 9.79. The van der Waals surface area contributed by atoms with E-state index in [0.29, 0.717) is 6.42 Å². The molecule has 0 saturated heterocycles. The SMILES string of the molecule is OCCCCCc1ccc(CC(O)c2ccccc2)[nH]1. The van der Waals surface area contributed by atoms with Crippen molar-refractivity contribution in [3.8, 4) is 0 Å². The number of aryl methyl sites for hydroxylation is 1. The number of H-pyrrole nitrogens is 1. The molecular weight excluding hydrogens is 250 g/mol. The van der Waals surface area contributed by atoms with Crippen LogP contribution in [-0.2, 0) is 12.8 Å². The number of aromatic nitrogens is 1. The zero-order valence-corrected chi connectivity index (χ0v) is 11.8. The molecule has 20 heavy (non-hydrogen) atoms. The lowest BCUT2D eigenvalue weighted by molar-refractivity contribution is 0.177. The van der Waals surface area contributed by atoms with E-state index < -0.39 is 6.10 Å². The van der Waals surface area contributed by atoms with Crippen LogP contribution in [-0.4, -0.2) is 21.8 Å². The highest BCUT2D eigenvalue weighted by Gasteiger charge is 2.09. The van der Waals surface area contributed by atoms with Crippen molar-refractivity contribution in [2.24, 2.45) is 0 Å². The summed E-state index contributed by atoms with van der Waals surface area (Å²) in [6, 6.07) is 13.9. The summed E-state index contributed by atoms with van der Waals surface area (Å²) in [5.74, 6) is 0. The van der Waals surface area contributed by atoms with Gasteiger partial charge in [-0.1, -0.05) is 36.8 Å². The largest absolute Gasteiger partial charge is 0.396 e. The van der Waals surface area contributed by atoms with E-state index in [1.165, 1.54) is 5.69 Å². The molecule has 0 amide bonds. The molecule has 0 aliphatic rings. The molecule has 1 atom stereocenters. The average Bonchev–Trinajstić information content (AvgIpc) is 2.92. The van der Waals surface area contributed by atoms with Crippen LogP contribution in [0.4, 0.5) is 0 Å². The molecule has 3 N–H and O–H groups in total. The van der Waals surface area contributed by atoms with Crippen molar-refractivity contribution in [2.45, 2.75) is 38.2 Å². The molecule has 0 saturated carbocycles. The number of aromatic amines is 1. The maximum Gasteiger partial charge on any atom is 0.0844 e. The van der Waals surface area contributed by atoms with Crippen molar-refractivity contribution in [3.63, 3.8) is 0 Å². The zero-order valence-electron chi connectivity index (χ0n) is 11.8. The van der Waals surface area contributed by atoms with Gasteiger partial charge >= 0.3 is 0 Å². The monoisotopic (exact) mass is 273 g/mol. The molecule has 2 rings (SSSR count). The standard InChI is InChI=1S/C17H23NO2/c19-12-6-2-5-9-15-10-11-16(18-15)13-17(20)14-7-3-1-4-8-14/h1,3-4,7-8,10-11,17-20H,2,5-6,9,12-13H2. The number of benzene rings is 1. The van der Waals surface area contributed by atoms with Crippen molar-refractivity contribution in [3.05, 3.63) is 59.4 Å². The molecule has 0 spiro atoms. The predicted molar refractivity (Wildman–Crippen MR) is 80.5 cm³/mol. The Bertz CT molecular complexity index is 493. The van der Waals surface area contributed by atoms with Crippen LogP contribution in [0.25, 0.3) is 0 Å². The van der Waals surface area contributed by atoms with Gasteiger partial charge in [0.15, 0.2) is 0 Å². The summed E-state index contributed by atoms with van der Waals surface area (Å²) in [6.07, 6.45) is 4.17. The van der Waals surface area contributed by atoms with Crippen molar-refractivity contribution >= 4 is 0 Å². The Kier molecular flexibility index (Phi) is 5.84. The van der Waals surface area contributed by atoms with Gasteiger partial charge in [-0.25, -0.2) is 0 Å². The average molecular weight is 273 g/mol. The summed E-state index contributed by atoms with van der Waals surface area (Å²) in [5, 5.41) is 18.9. The van der Waals surface area contributed by atoms with Gasteiger partial charge in [0.05, 0.1) is 6.10 Å². The Labute approximate surface area is 120 Å². The maximum absolute atomic E-state index is 10.2. The van der Waals surface area contributed by atoms with Gasteiger partial charge < -0.3 is 15.2 Å². The quantitative estimate of drug-likeness (QED) is 0.648. The number of aliphatic hydroxyl groups is 2. The van der Waals surface area contributed by atoms with E-state index >= 15 is 0 Å². The molecular formula is C17H23NO2. The van der Waals surface area contributed by atoms with Crippen LogP contribution in [0.1, 0.15) is 42.3 Å². The van der Waals surface area contributed by atoms with Crippen molar-refractivity contribution in [1.29, 1.82) is 0 Å². The second kappa shape index (κ2) is 7.88. The van der Waals surface area contributed by atoms with Crippen LogP contribution in [0.5, 0.6) is 0 Å².